The van der Waals surface area contributed by atoms with Crippen LogP contribution in [0.25, 0.3) is 11.4 Å². The minimum atomic E-state index is -0.199. The molecule has 0 saturated carbocycles. The summed E-state index contributed by atoms with van der Waals surface area (Å²) in [7, 11) is 3.67. The van der Waals surface area contributed by atoms with Gasteiger partial charge in [0.2, 0.25) is 5.82 Å². The number of morpholine rings is 1. The zero-order chi connectivity index (χ0) is 15.7. The van der Waals surface area contributed by atoms with Crippen LogP contribution >= 0.6 is 0 Å². The van der Waals surface area contributed by atoms with E-state index in [1.165, 1.54) is 0 Å². The Labute approximate surface area is 129 Å². The van der Waals surface area contributed by atoms with Crippen molar-refractivity contribution in [2.75, 3.05) is 27.2 Å². The largest absolute Gasteiger partial charge is 0.495 e. The van der Waals surface area contributed by atoms with E-state index in [-0.39, 0.29) is 12.2 Å². The Morgan fingerprint density at radius 1 is 1.36 bits per heavy atom. The van der Waals surface area contributed by atoms with Crippen molar-refractivity contribution < 1.29 is 14.0 Å². The summed E-state index contributed by atoms with van der Waals surface area (Å²) in [5.41, 5.74) is 1.58. The maximum Gasteiger partial charge on any atom is 0.257 e. The van der Waals surface area contributed by atoms with E-state index < -0.39 is 0 Å². The predicted octanol–water partition coefficient (Wildman–Crippen LogP) is 1.84. The van der Waals surface area contributed by atoms with Crippen LogP contribution in [0.5, 0.6) is 5.75 Å². The van der Waals surface area contributed by atoms with Gasteiger partial charge < -0.3 is 18.9 Å². The maximum atomic E-state index is 5.88. The van der Waals surface area contributed by atoms with Crippen LogP contribution in [0.4, 0.5) is 0 Å². The second-order valence-electron chi connectivity index (χ2n) is 5.62. The third-order valence-corrected chi connectivity index (χ3v) is 3.68. The lowest BCUT2D eigenvalue weighted by atomic mass is 10.2. The number of pyridine rings is 1. The van der Waals surface area contributed by atoms with E-state index in [0.29, 0.717) is 17.5 Å². The SMILES string of the molecule is COc1cc(-c2noc([C@H]3CN(C)C[C@@H](C)O3)n2)cnc1C. The minimum absolute atomic E-state index is 0.139. The highest BCUT2D eigenvalue weighted by atomic mass is 16.5. The van der Waals surface area contributed by atoms with Gasteiger partial charge in [-0.2, -0.15) is 4.98 Å². The van der Waals surface area contributed by atoms with E-state index in [1.54, 1.807) is 13.3 Å². The topological polar surface area (TPSA) is 73.5 Å². The number of nitrogens with zero attached hydrogens (tertiary/aromatic N) is 4. The lowest BCUT2D eigenvalue weighted by Crippen LogP contribution is -2.40. The summed E-state index contributed by atoms with van der Waals surface area (Å²) in [6, 6.07) is 1.85. The van der Waals surface area contributed by atoms with Crippen molar-refractivity contribution >= 4 is 0 Å². The standard InChI is InChI=1S/C15H20N4O3/c1-9-7-19(3)8-13(21-9)15-17-14(18-22-15)11-5-12(20-4)10(2)16-6-11/h5-6,9,13H,7-8H2,1-4H3/t9-,13-/m1/s1. The van der Waals surface area contributed by atoms with Gasteiger partial charge in [-0.25, -0.2) is 0 Å². The Kier molecular flexibility index (Phi) is 4.08. The van der Waals surface area contributed by atoms with Crippen molar-refractivity contribution in [2.45, 2.75) is 26.1 Å². The molecule has 7 nitrogen and oxygen atoms in total. The second-order valence-corrected chi connectivity index (χ2v) is 5.62. The number of rotatable bonds is 3. The molecule has 0 amide bonds. The molecule has 0 unspecified atom stereocenters. The minimum Gasteiger partial charge on any atom is -0.495 e. The van der Waals surface area contributed by atoms with E-state index in [9.17, 15) is 0 Å². The van der Waals surface area contributed by atoms with Gasteiger partial charge in [-0.15, -0.1) is 0 Å². The van der Waals surface area contributed by atoms with Crippen molar-refractivity contribution in [3.05, 3.63) is 23.8 Å². The van der Waals surface area contributed by atoms with Gasteiger partial charge in [0, 0.05) is 24.8 Å². The van der Waals surface area contributed by atoms with Gasteiger partial charge in [-0.1, -0.05) is 5.16 Å². The van der Waals surface area contributed by atoms with Gasteiger partial charge in [0.15, 0.2) is 0 Å². The monoisotopic (exact) mass is 304 g/mol. The van der Waals surface area contributed by atoms with Gasteiger partial charge in [-0.3, -0.25) is 4.98 Å². The first-order chi connectivity index (χ1) is 10.6. The molecule has 0 bridgehead atoms. The Hall–Kier alpha value is -1.99. The fraction of sp³-hybridized carbons (Fsp3) is 0.533. The molecule has 0 N–H and O–H groups in total. The smallest absolute Gasteiger partial charge is 0.257 e. The van der Waals surface area contributed by atoms with Crippen LogP contribution in [-0.4, -0.2) is 53.4 Å². The third kappa shape index (κ3) is 2.95. The average Bonchev–Trinajstić information content (AvgIpc) is 2.96. The summed E-state index contributed by atoms with van der Waals surface area (Å²) < 4.78 is 16.5. The summed E-state index contributed by atoms with van der Waals surface area (Å²) in [6.07, 6.45) is 1.65. The molecule has 1 aliphatic rings. The molecule has 2 atom stereocenters. The number of aryl methyl sites for hydroxylation is 1. The normalized spacial score (nSPS) is 22.7. The summed E-state index contributed by atoms with van der Waals surface area (Å²) in [6.45, 7) is 5.56. The maximum absolute atomic E-state index is 5.88. The van der Waals surface area contributed by atoms with Crippen LogP contribution in [0.2, 0.25) is 0 Å². The molecule has 118 valence electrons. The van der Waals surface area contributed by atoms with Gasteiger partial charge in [0.1, 0.15) is 11.9 Å². The number of hydrogen-bond acceptors (Lipinski definition) is 7. The number of likely N-dealkylation sites (N-methyl/N-ethyl adjacent to an activating group) is 1. The first kappa shape index (κ1) is 14.9. The number of aromatic nitrogens is 3. The van der Waals surface area contributed by atoms with Crippen LogP contribution in [0.15, 0.2) is 16.8 Å². The Bertz CT molecular complexity index is 648. The average molecular weight is 304 g/mol. The van der Waals surface area contributed by atoms with Crippen molar-refractivity contribution in [3.63, 3.8) is 0 Å². The summed E-state index contributed by atoms with van der Waals surface area (Å²) in [5, 5.41) is 4.04. The van der Waals surface area contributed by atoms with Gasteiger partial charge in [0.25, 0.3) is 5.89 Å². The summed E-state index contributed by atoms with van der Waals surface area (Å²) in [4.78, 5) is 10.9. The highest BCUT2D eigenvalue weighted by molar-refractivity contribution is 5.56. The molecular weight excluding hydrogens is 284 g/mol. The molecule has 22 heavy (non-hydrogen) atoms. The molecule has 2 aromatic rings. The van der Waals surface area contributed by atoms with Crippen LogP contribution in [0.3, 0.4) is 0 Å². The number of ether oxygens (including phenoxy) is 2. The van der Waals surface area contributed by atoms with Gasteiger partial charge in [-0.05, 0) is 27.0 Å². The number of methoxy groups -OCH3 is 1. The predicted molar refractivity (Wildman–Crippen MR) is 79.6 cm³/mol. The molecule has 0 aromatic carbocycles. The molecule has 0 radical (unpaired) electrons. The quantitative estimate of drug-likeness (QED) is 0.856. The first-order valence-electron chi connectivity index (χ1n) is 7.25. The molecule has 3 heterocycles. The van der Waals surface area contributed by atoms with E-state index in [1.807, 2.05) is 19.9 Å². The van der Waals surface area contributed by atoms with E-state index in [4.69, 9.17) is 14.0 Å². The van der Waals surface area contributed by atoms with E-state index in [0.717, 1.165) is 24.3 Å². The molecule has 0 aliphatic carbocycles. The van der Waals surface area contributed by atoms with Crippen molar-refractivity contribution in [1.82, 2.24) is 20.0 Å². The van der Waals surface area contributed by atoms with Crippen molar-refractivity contribution in [1.29, 1.82) is 0 Å². The van der Waals surface area contributed by atoms with Gasteiger partial charge >= 0.3 is 0 Å². The lowest BCUT2D eigenvalue weighted by molar-refractivity contribution is -0.0838. The molecule has 2 aromatic heterocycles. The fourth-order valence-corrected chi connectivity index (χ4v) is 2.62. The third-order valence-electron chi connectivity index (χ3n) is 3.68. The van der Waals surface area contributed by atoms with Crippen LogP contribution in [0.1, 0.15) is 24.6 Å². The van der Waals surface area contributed by atoms with Crippen LogP contribution in [0, 0.1) is 6.92 Å². The zero-order valence-corrected chi connectivity index (χ0v) is 13.2. The van der Waals surface area contributed by atoms with E-state index in [2.05, 4.69) is 27.1 Å². The van der Waals surface area contributed by atoms with Crippen molar-refractivity contribution in [2.24, 2.45) is 0 Å². The van der Waals surface area contributed by atoms with Gasteiger partial charge in [0.05, 0.1) is 18.9 Å². The molecular formula is C15H20N4O3. The Morgan fingerprint density at radius 3 is 2.91 bits per heavy atom. The van der Waals surface area contributed by atoms with E-state index >= 15 is 0 Å². The molecule has 1 aliphatic heterocycles. The first-order valence-corrected chi connectivity index (χ1v) is 7.25. The number of hydrogen-bond donors (Lipinski definition) is 0. The summed E-state index contributed by atoms with van der Waals surface area (Å²) >= 11 is 0. The molecule has 3 rings (SSSR count). The molecule has 7 heteroatoms. The molecule has 0 spiro atoms. The van der Waals surface area contributed by atoms with Crippen LogP contribution < -0.4 is 4.74 Å². The molecule has 1 fully saturated rings. The lowest BCUT2D eigenvalue weighted by Gasteiger charge is -2.32. The zero-order valence-electron chi connectivity index (χ0n) is 13.2. The highest BCUT2D eigenvalue weighted by Gasteiger charge is 2.29. The van der Waals surface area contributed by atoms with Crippen molar-refractivity contribution in [3.8, 4) is 17.1 Å². The Morgan fingerprint density at radius 2 is 2.18 bits per heavy atom. The Balaban J connectivity index is 1.84. The fourth-order valence-electron chi connectivity index (χ4n) is 2.62. The summed E-state index contributed by atoms with van der Waals surface area (Å²) in [5.74, 6) is 1.68. The molecule has 1 saturated heterocycles. The van der Waals surface area contributed by atoms with Crippen LogP contribution in [-0.2, 0) is 4.74 Å². The highest BCUT2D eigenvalue weighted by Crippen LogP contribution is 2.27. The second kappa shape index (κ2) is 6.02.